The van der Waals surface area contributed by atoms with E-state index >= 15 is 0 Å². The fourth-order valence-corrected chi connectivity index (χ4v) is 18.3. The molecule has 0 saturated heterocycles. The lowest BCUT2D eigenvalue weighted by Gasteiger charge is -2.40. The third kappa shape index (κ3) is 36.7. The Bertz CT molecular complexity index is 7600. The summed E-state index contributed by atoms with van der Waals surface area (Å²) in [5, 5.41) is 80.0. The summed E-state index contributed by atoms with van der Waals surface area (Å²) in [5.41, 5.74) is -15.7. The molecule has 0 amide bonds. The predicted molar refractivity (Wildman–Crippen MR) is 576 cm³/mol. The van der Waals surface area contributed by atoms with Crippen molar-refractivity contribution >= 4 is 0 Å². The number of nitrogens with zero attached hydrogens (tertiary/aromatic N) is 7. The molecule has 0 spiro atoms. The van der Waals surface area contributed by atoms with Crippen molar-refractivity contribution in [2.45, 2.75) is 305 Å². The van der Waals surface area contributed by atoms with Crippen LogP contribution in [-0.4, -0.2) is 303 Å². The van der Waals surface area contributed by atoms with Gasteiger partial charge < -0.3 is 103 Å². The molecule has 7 fully saturated rings. The summed E-state index contributed by atoms with van der Waals surface area (Å²) >= 11 is 0. The Hall–Kier alpha value is -7.42. The summed E-state index contributed by atoms with van der Waals surface area (Å²) in [6.45, 7) is -34.5. The van der Waals surface area contributed by atoms with Gasteiger partial charge in [-0.15, -0.1) is 0 Å². The van der Waals surface area contributed by atoms with Crippen LogP contribution in [0, 0.1) is 0 Å². The number of likely N-dealkylation sites (N-methyl/N-ethyl adjacent to an activating group) is 7. The Morgan fingerprint density at radius 3 is 0.600 bits per heavy atom. The highest BCUT2D eigenvalue weighted by Gasteiger charge is 2.46. The first-order valence-corrected chi connectivity index (χ1v) is 47.6. The molecule has 0 aliphatic heterocycles. The van der Waals surface area contributed by atoms with Crippen molar-refractivity contribution in [2.75, 3.05) is 194 Å². The highest BCUT2D eigenvalue weighted by molar-refractivity contribution is 5.38. The first-order valence-electron chi connectivity index (χ1n) is 78.6. The van der Waals surface area contributed by atoms with E-state index in [1.165, 1.54) is 49.6 Å². The zero-order valence-electron chi connectivity index (χ0n) is 146. The topological polar surface area (TPSA) is 229 Å². The van der Waals surface area contributed by atoms with Crippen LogP contribution >= 0.6 is 0 Å². The van der Waals surface area contributed by atoms with Crippen LogP contribution in [-0.2, 0) is 0 Å². The van der Waals surface area contributed by atoms with Crippen LogP contribution in [0.2, 0.25) is 0 Å². The molecule has 21 nitrogen and oxygen atoms in total. The van der Waals surface area contributed by atoms with Crippen LogP contribution in [0.15, 0.2) is 169 Å². The van der Waals surface area contributed by atoms with Crippen molar-refractivity contribution in [1.82, 2.24) is 34.3 Å². The molecule has 21 heteroatoms. The van der Waals surface area contributed by atoms with Crippen LogP contribution < -0.4 is 33.2 Å². The minimum atomic E-state index is -3.46. The number of aliphatic hydroxyl groups is 7. The van der Waals surface area contributed by atoms with Gasteiger partial charge in [0.25, 0.3) is 0 Å². The van der Waals surface area contributed by atoms with Crippen molar-refractivity contribution in [3.05, 3.63) is 208 Å². The second-order valence-corrected chi connectivity index (χ2v) is 36.8. The zero-order chi connectivity index (χ0) is 156. The van der Waals surface area contributed by atoms with E-state index in [0.29, 0.717) is 106 Å². The monoisotopic (exact) mass is 2000 g/mol. The van der Waals surface area contributed by atoms with Gasteiger partial charge in [0.1, 0.15) is 40.2 Å². The third-order valence-electron chi connectivity index (χ3n) is 25.6. The molecule has 784 valence electrons. The first kappa shape index (κ1) is 56.5. The van der Waals surface area contributed by atoms with Gasteiger partial charge in [-0.1, -0.05) is 219 Å². The van der Waals surface area contributed by atoms with Gasteiger partial charge in [0.15, 0.2) is 0 Å². The summed E-state index contributed by atoms with van der Waals surface area (Å²) in [4.78, 5) is 4.47. The Kier molecular flexibility index (Phi) is 23.7. The lowest BCUT2D eigenvalue weighted by molar-refractivity contribution is -0.0280. The smallest absolute Gasteiger partial charge is 0.118 e. The number of hydrogen-bond donors (Lipinski definition) is 7. The Labute approximate surface area is 934 Å². The van der Waals surface area contributed by atoms with E-state index < -0.39 is 341 Å². The number of hydrogen-bond acceptors (Lipinski definition) is 21. The van der Waals surface area contributed by atoms with E-state index in [9.17, 15) is 41.2 Å². The standard InChI is InChI=1S/7C17H27NO2/c7*1-18(2)13-16(17(19)11-5-4-6-12-17)14-7-9-15(20-3)10-8-14/h7*7-10,16,19H,4-6,11-13H2,1-3H3/t7*16-/m1111111/s1/i1D3,7D,8D,9D,10D,13D2,16D;1D3,2D3,7D,8D,9D,10D,16D;1D3,2D3,7D,8D,9D,10D,13D2;7D,8D,9D,10D,13D2,16D;1D3,7D,8D,9D,10D,16D;1D3,7D,8D,9D,10D,13D2;7D,8D,9D,10D,16D. The normalized spacial score (nSPS) is 28.4. The van der Waals surface area contributed by atoms with E-state index in [2.05, 4.69) is 0 Å². The summed E-state index contributed by atoms with van der Waals surface area (Å²) in [6.07, 6.45) is 15.4. The molecule has 0 unspecified atom stereocenters. The number of methoxy groups -OCH3 is 7. The molecule has 7 aliphatic carbocycles. The SMILES string of the molecule is [2H]c1c([2H])c([C@@]([2H])(CN(C([2H])([2H])[2H])C([2H])([2H])[2H])C2(O)CCCCC2)c([2H])c([2H])c1OC.[2H]c1c([2H])c([C@@]([2H])(CN(C)C([2H])([2H])[2H])C2(O)CCCCC2)c([2H])c([2H])c1OC.[2H]c1c([2H])c([C@@]([2H])(CN(C)C)C2(O)CCCCC2)c([2H])c([2H])c1OC.[2H]c1c([2H])c([C@H](C2(O)CCCCC2)C([2H])([2H])N(C([2H])([2H])[2H])C([2H])([2H])[2H])c([2H])c([2H])c1OC.[2H]c1c([2H])c([C@H](C2(O)CCCCC2)C([2H])([2H])N(C)C([2H])([2H])[2H])c([2H])c([2H])c1OC.[2H]c1c([2H])c([C@]([2H])(C2(O)CCCCC2)C([2H])([2H])N(C)C([2H])([2H])[2H])c([2H])c([2H])c1OC.[2H]c1c([2H])c([C@]([2H])(C2(O)CCCCC2)C([2H])([2H])N(C)C)c([2H])c([2H])c1OC. The van der Waals surface area contributed by atoms with Gasteiger partial charge in [0.2, 0.25) is 0 Å². The molecular weight excluding hydrogens is 1750 g/mol. The van der Waals surface area contributed by atoms with Gasteiger partial charge >= 0.3 is 0 Å². The Morgan fingerprint density at radius 1 is 0.221 bits per heavy atom. The van der Waals surface area contributed by atoms with Gasteiger partial charge in [-0.2, -0.15) is 0 Å². The molecule has 7 atom stereocenters. The molecule has 7 aromatic carbocycles. The van der Waals surface area contributed by atoms with Crippen LogP contribution in [0.1, 0.15) is 390 Å². The van der Waals surface area contributed by atoms with E-state index in [-0.39, 0.29) is 169 Å². The predicted octanol–water partition coefficient (Wildman–Crippen LogP) is 21.2. The lowest BCUT2D eigenvalue weighted by atomic mass is 9.72. The average Bonchev–Trinajstić information content (AvgIpc) is 0.690. The van der Waals surface area contributed by atoms with E-state index in [0.717, 1.165) is 96.6 Å². The van der Waals surface area contributed by atoms with Crippen LogP contribution in [0.5, 0.6) is 40.2 Å². The Morgan fingerprint density at radius 2 is 0.393 bits per heavy atom. The van der Waals surface area contributed by atoms with Gasteiger partial charge in [0.05, 0.1) is 127 Å². The third-order valence-corrected chi connectivity index (χ3v) is 25.6. The molecule has 0 radical (unpaired) electrons. The van der Waals surface area contributed by atoms with Crippen LogP contribution in [0.3, 0.4) is 0 Å². The fourth-order valence-electron chi connectivity index (χ4n) is 18.3. The van der Waals surface area contributed by atoms with Gasteiger partial charge in [-0.3, -0.25) is 0 Å². The molecular formula is C119H189N7O14. The molecule has 140 heavy (non-hydrogen) atoms. The summed E-state index contributed by atoms with van der Waals surface area (Å²) in [7, 11) is 18.1. The zero-order valence-corrected chi connectivity index (χ0v) is 83.6. The fraction of sp³-hybridized carbons (Fsp3) is 0.647. The van der Waals surface area contributed by atoms with Crippen LogP contribution in [0.25, 0.3) is 0 Å². The molecule has 7 aliphatic rings. The van der Waals surface area contributed by atoms with E-state index in [1.807, 2.05) is 0 Å². The molecule has 0 heterocycles. The molecule has 0 aromatic heterocycles. The van der Waals surface area contributed by atoms with E-state index in [4.69, 9.17) is 113 Å². The second-order valence-electron chi connectivity index (χ2n) is 36.8. The quantitative estimate of drug-likeness (QED) is 0.0196. The van der Waals surface area contributed by atoms with Gasteiger partial charge in [-0.25, -0.2) is 0 Å². The van der Waals surface area contributed by atoms with Gasteiger partial charge in [0, 0.05) is 134 Å². The molecule has 0 bridgehead atoms. The Balaban J connectivity index is 0.000000281. The van der Waals surface area contributed by atoms with Crippen molar-refractivity contribution in [2.24, 2.45) is 0 Å². The minimum Gasteiger partial charge on any atom is -0.497 e. The largest absolute Gasteiger partial charge is 0.497 e. The number of benzene rings is 7. The van der Waals surface area contributed by atoms with Crippen LogP contribution in [0.4, 0.5) is 0 Å². The number of ether oxygens (including phenoxy) is 7. The summed E-state index contributed by atoms with van der Waals surface area (Å²) < 4.78 is 542. The average molecular weight is 2000 g/mol. The summed E-state index contributed by atoms with van der Waals surface area (Å²) in [5.74, 6) is -17.2. The van der Waals surface area contributed by atoms with E-state index in [1.54, 1.807) is 19.0 Å². The molecule has 7 saturated carbocycles. The highest BCUT2D eigenvalue weighted by atomic mass is 16.5. The van der Waals surface area contributed by atoms with Crippen molar-refractivity contribution < 1.29 is 154 Å². The maximum atomic E-state index is 11.5. The first-order chi connectivity index (χ1) is 91.9. The second kappa shape index (κ2) is 58.7. The molecule has 7 N–H and O–H groups in total. The van der Waals surface area contributed by atoms with Gasteiger partial charge in [-0.05, 0) is 312 Å². The lowest BCUT2D eigenvalue weighted by Crippen LogP contribution is -2.42. The van der Waals surface area contributed by atoms with Crippen molar-refractivity contribution in [3.63, 3.8) is 0 Å². The maximum Gasteiger partial charge on any atom is 0.118 e. The highest BCUT2D eigenvalue weighted by Crippen LogP contribution is 2.49. The van der Waals surface area contributed by atoms with Crippen molar-refractivity contribution in [1.29, 1.82) is 0 Å². The molecule has 14 rings (SSSR count). The van der Waals surface area contributed by atoms with Crippen molar-refractivity contribution in [3.8, 4) is 40.2 Å². The number of rotatable bonds is 35. The molecule has 7 aromatic rings. The summed E-state index contributed by atoms with van der Waals surface area (Å²) in [6, 6.07) is -15.4. The maximum absolute atomic E-state index is 11.5. The minimum absolute atomic E-state index is 0.0257.